The molecule has 406 valence electrons. The van der Waals surface area contributed by atoms with E-state index in [-0.39, 0.29) is 51.3 Å². The number of hydrogen-bond acceptors (Lipinski definition) is 14. The molecule has 3 N–H and O–H groups in total. The van der Waals surface area contributed by atoms with Crippen LogP contribution in [0.5, 0.6) is 11.5 Å². The summed E-state index contributed by atoms with van der Waals surface area (Å²) in [5.74, 6) is -4.53. The van der Waals surface area contributed by atoms with Crippen molar-refractivity contribution in [3.05, 3.63) is 171 Å². The van der Waals surface area contributed by atoms with Crippen LogP contribution in [0.15, 0.2) is 140 Å². The van der Waals surface area contributed by atoms with Gasteiger partial charge in [0, 0.05) is 9.26 Å². The van der Waals surface area contributed by atoms with Gasteiger partial charge < -0.3 is 49.2 Å². The van der Waals surface area contributed by atoms with E-state index >= 15 is 4.79 Å². The first-order valence-corrected chi connectivity index (χ1v) is 27.4. The molecule has 0 saturated carbocycles. The fraction of sp³-hybridized carbons (Fsp3) is 0.367. The van der Waals surface area contributed by atoms with Crippen molar-refractivity contribution in [1.82, 2.24) is 20.0 Å². The van der Waals surface area contributed by atoms with Crippen molar-refractivity contribution in [3.63, 3.8) is 0 Å². The maximum atomic E-state index is 15.3. The summed E-state index contributed by atoms with van der Waals surface area (Å²) in [4.78, 5) is 92.9. The Morgan fingerprint density at radius 2 is 1.50 bits per heavy atom. The van der Waals surface area contributed by atoms with E-state index in [9.17, 15) is 29.1 Å². The summed E-state index contributed by atoms with van der Waals surface area (Å²) >= 11 is 2.18. The number of nitrogens with one attached hydrogen (secondary N) is 2. The Labute approximate surface area is 466 Å². The quantitative estimate of drug-likeness (QED) is 0.0242. The molecule has 5 aliphatic rings. The second-order valence-electron chi connectivity index (χ2n) is 20.5. The van der Waals surface area contributed by atoms with Gasteiger partial charge in [-0.3, -0.25) is 33.7 Å². The van der Waals surface area contributed by atoms with Crippen molar-refractivity contribution in [2.24, 2.45) is 11.8 Å². The van der Waals surface area contributed by atoms with Gasteiger partial charge >= 0.3 is 17.9 Å². The van der Waals surface area contributed by atoms with Gasteiger partial charge in [-0.15, -0.1) is 0 Å². The van der Waals surface area contributed by atoms with E-state index in [0.29, 0.717) is 40.3 Å². The van der Waals surface area contributed by atoms with Crippen LogP contribution in [-0.4, -0.2) is 127 Å². The molecule has 0 unspecified atom stereocenters. The molecule has 5 heterocycles. The number of hydrogen-bond donors (Lipinski definition) is 3. The number of rotatable bonds is 20. The van der Waals surface area contributed by atoms with Crippen molar-refractivity contribution in [2.75, 3.05) is 59.0 Å². The number of aliphatic hydroxyl groups is 1. The van der Waals surface area contributed by atoms with E-state index in [1.54, 1.807) is 47.4 Å². The van der Waals surface area contributed by atoms with Crippen LogP contribution >= 0.6 is 22.6 Å². The summed E-state index contributed by atoms with van der Waals surface area (Å²) in [7, 11) is 3.96. The summed E-state index contributed by atoms with van der Waals surface area (Å²) < 4.78 is 30.9. The molecular formula is C60H62IN5O12. The predicted octanol–water partition coefficient (Wildman–Crippen LogP) is 6.77. The number of halogens is 1. The van der Waals surface area contributed by atoms with Crippen LogP contribution in [0.1, 0.15) is 77.7 Å². The molecule has 0 bridgehead atoms. The number of esters is 3. The molecule has 4 fully saturated rings. The lowest BCUT2D eigenvalue weighted by Crippen LogP contribution is -2.61. The number of fused-ring (bicyclic) bond motifs is 4. The number of cyclic esters (lactones) is 1. The third-order valence-electron chi connectivity index (χ3n) is 15.5. The van der Waals surface area contributed by atoms with Crippen molar-refractivity contribution in [1.29, 1.82) is 0 Å². The molecule has 5 aromatic carbocycles. The summed E-state index contributed by atoms with van der Waals surface area (Å²) in [6, 6.07) is 33.2. The first-order chi connectivity index (χ1) is 37.8. The van der Waals surface area contributed by atoms with Gasteiger partial charge in [-0.05, 0) is 139 Å². The number of carbonyl (C=O) groups excluding carboxylic acids is 6. The molecule has 0 radical (unpaired) electrons. The zero-order chi connectivity index (χ0) is 54.7. The molecule has 3 amide bonds. The van der Waals surface area contributed by atoms with Gasteiger partial charge in [0.15, 0.2) is 0 Å². The molecule has 4 saturated heterocycles. The number of carbonyl (C=O) groups is 6. The van der Waals surface area contributed by atoms with Crippen molar-refractivity contribution in [2.45, 2.75) is 73.5 Å². The van der Waals surface area contributed by atoms with Crippen LogP contribution in [0, 0.1) is 15.4 Å². The topological polar surface area (TPSA) is 203 Å². The standard InChI is InChI=1S/C60H62IN5O12/c1-4-29-76-57(71)48-51-58(72)78-52(37-16-9-6-10-17-37)50(36-14-7-5-8-15-36)66(51)53(60(48)44-34-40(61)23-26-45(44)63-59(60)73)38-21-24-41(25-22-38)75-31-32-77-56(70)43-35-47-54(68)62-46(20-11-12-27-64(2)3)55(69)65(47)49(43)39-18-13-19-42(33-39)74-30-28-67/h4-10,13-19,21-26,33-34,43,46-53,67H,1,11-12,20,27-32,35H2,2-3H3,(H,62,68)(H,63,73)/t43-,46-,47-,48-,49-,50-,51-,52+,53+,60-/m0/s1. The summed E-state index contributed by atoms with van der Waals surface area (Å²) in [6.07, 6.45) is 2.65. The zero-order valence-corrected chi connectivity index (χ0v) is 45.5. The van der Waals surface area contributed by atoms with E-state index < -0.39 is 83.4 Å². The maximum absolute atomic E-state index is 15.3. The first kappa shape index (κ1) is 54.2. The molecule has 17 nitrogen and oxygen atoms in total. The van der Waals surface area contributed by atoms with E-state index in [0.717, 1.165) is 34.1 Å². The molecule has 5 aliphatic heterocycles. The third-order valence-corrected chi connectivity index (χ3v) is 16.2. The Hall–Kier alpha value is -7.13. The summed E-state index contributed by atoms with van der Waals surface area (Å²) in [5.41, 5.74) is 2.06. The summed E-state index contributed by atoms with van der Waals surface area (Å²) in [6.45, 7) is 4.04. The van der Waals surface area contributed by atoms with E-state index in [4.69, 9.17) is 23.7 Å². The highest BCUT2D eigenvalue weighted by Gasteiger charge is 2.74. The van der Waals surface area contributed by atoms with E-state index in [1.807, 2.05) is 104 Å². The molecule has 10 rings (SSSR count). The largest absolute Gasteiger partial charge is 0.491 e. The average molecular weight is 1170 g/mol. The number of amides is 3. The van der Waals surface area contributed by atoms with Crippen LogP contribution in [0.3, 0.4) is 0 Å². The van der Waals surface area contributed by atoms with Crippen LogP contribution in [0.2, 0.25) is 0 Å². The lowest BCUT2D eigenvalue weighted by molar-refractivity contribution is -0.180. The SMILES string of the molecule is C=CCOC(=O)[C@@H]1[C@H]2C(=O)O[C@H](c3ccccc3)[C@H](c3ccccc3)N2[C@H](c2ccc(OCCOC(=O)[C@H]3C[C@H]4C(=O)N[C@@H](CCCCN(C)C)C(=O)N4[C@H]3c3cccc(OCCO)c3)cc2)[C@@]12C(=O)Nc1ccc(I)cc12. The minimum atomic E-state index is -1.72. The van der Waals surface area contributed by atoms with Gasteiger partial charge in [0.25, 0.3) is 0 Å². The number of nitrogens with zero attached hydrogens (tertiary/aromatic N) is 3. The lowest BCUT2D eigenvalue weighted by Gasteiger charge is -2.46. The number of benzene rings is 5. The number of anilines is 1. The zero-order valence-electron chi connectivity index (χ0n) is 43.3. The Bertz CT molecular complexity index is 3050. The van der Waals surface area contributed by atoms with Gasteiger partial charge in [0.2, 0.25) is 17.7 Å². The van der Waals surface area contributed by atoms with Gasteiger partial charge in [-0.1, -0.05) is 97.6 Å². The molecule has 0 aromatic heterocycles. The first-order valence-electron chi connectivity index (χ1n) is 26.3. The Morgan fingerprint density at radius 1 is 0.782 bits per heavy atom. The third kappa shape index (κ3) is 10.3. The van der Waals surface area contributed by atoms with Crippen molar-refractivity contribution >= 4 is 63.9 Å². The van der Waals surface area contributed by atoms with Crippen LogP contribution in [0.4, 0.5) is 5.69 Å². The van der Waals surface area contributed by atoms with Gasteiger partial charge in [0.1, 0.15) is 73.5 Å². The van der Waals surface area contributed by atoms with E-state index in [1.165, 1.54) is 6.08 Å². The normalized spacial score (nSPS) is 26.1. The number of ether oxygens (including phenoxy) is 5. The highest BCUT2D eigenvalue weighted by atomic mass is 127. The predicted molar refractivity (Wildman–Crippen MR) is 295 cm³/mol. The van der Waals surface area contributed by atoms with Crippen molar-refractivity contribution in [3.8, 4) is 11.5 Å². The second kappa shape index (κ2) is 23.5. The van der Waals surface area contributed by atoms with Crippen LogP contribution in [-0.2, 0) is 48.4 Å². The molecule has 18 heteroatoms. The highest BCUT2D eigenvalue weighted by Crippen LogP contribution is 2.65. The van der Waals surface area contributed by atoms with Gasteiger partial charge in [0.05, 0.1) is 30.7 Å². The van der Waals surface area contributed by atoms with E-state index in [2.05, 4.69) is 44.7 Å². The van der Waals surface area contributed by atoms with Crippen molar-refractivity contribution < 1.29 is 57.6 Å². The second-order valence-corrected chi connectivity index (χ2v) is 21.7. The summed E-state index contributed by atoms with van der Waals surface area (Å²) in [5, 5.41) is 15.4. The number of aliphatic hydroxyl groups excluding tert-OH is 1. The monoisotopic (exact) mass is 1170 g/mol. The molecule has 0 aliphatic carbocycles. The van der Waals surface area contributed by atoms with Gasteiger partial charge in [-0.2, -0.15) is 0 Å². The minimum Gasteiger partial charge on any atom is -0.491 e. The lowest BCUT2D eigenvalue weighted by atomic mass is 9.65. The average Bonchev–Trinajstić information content (AvgIpc) is 2.61. The smallest absolute Gasteiger partial charge is 0.325 e. The Balaban J connectivity index is 0.939. The van der Waals surface area contributed by atoms with Crippen LogP contribution < -0.4 is 20.1 Å². The number of piperazine rings is 1. The fourth-order valence-corrected chi connectivity index (χ4v) is 12.9. The minimum absolute atomic E-state index is 0.0441. The fourth-order valence-electron chi connectivity index (χ4n) is 12.4. The maximum Gasteiger partial charge on any atom is 0.325 e. The molecule has 10 atom stereocenters. The van der Waals surface area contributed by atoms with Crippen LogP contribution in [0.25, 0.3) is 0 Å². The number of unbranched alkanes of at least 4 members (excludes halogenated alkanes) is 1. The Morgan fingerprint density at radius 3 is 2.22 bits per heavy atom. The number of morpholine rings is 1. The highest BCUT2D eigenvalue weighted by molar-refractivity contribution is 14.1. The molecule has 1 spiro atoms. The molecule has 5 aromatic rings. The molecular weight excluding hydrogens is 1110 g/mol. The molecule has 78 heavy (non-hydrogen) atoms. The Kier molecular flexibility index (Phi) is 16.3. The van der Waals surface area contributed by atoms with Gasteiger partial charge in [-0.25, -0.2) is 0 Å².